The lowest BCUT2D eigenvalue weighted by Crippen LogP contribution is -2.28. The zero-order valence-electron chi connectivity index (χ0n) is 29.8. The van der Waals surface area contributed by atoms with Gasteiger partial charge < -0.3 is 0 Å². The molecule has 8 aromatic carbocycles. The van der Waals surface area contributed by atoms with Crippen molar-refractivity contribution in [3.63, 3.8) is 0 Å². The van der Waals surface area contributed by atoms with Crippen LogP contribution in [0.5, 0.6) is 0 Å². The van der Waals surface area contributed by atoms with E-state index in [-0.39, 0.29) is 0 Å². The third-order valence-corrected chi connectivity index (χ3v) is 10.9. The summed E-state index contributed by atoms with van der Waals surface area (Å²) in [6.45, 7) is 0. The molecule has 0 saturated heterocycles. The van der Waals surface area contributed by atoms with Gasteiger partial charge in [-0.05, 0) is 55.8 Å². The van der Waals surface area contributed by atoms with Crippen LogP contribution < -0.4 is 0 Å². The van der Waals surface area contributed by atoms with Gasteiger partial charge in [-0.1, -0.05) is 188 Å². The Morgan fingerprint density at radius 2 is 0.873 bits per heavy atom. The maximum absolute atomic E-state index is 10.6. The van der Waals surface area contributed by atoms with Crippen LogP contribution in [0.1, 0.15) is 27.8 Å². The molecule has 0 aliphatic heterocycles. The summed E-state index contributed by atoms with van der Waals surface area (Å²) in [5, 5.41) is 12.8. The third-order valence-electron chi connectivity index (χ3n) is 10.9. The molecule has 0 saturated carbocycles. The number of rotatable bonds is 6. The smallest absolute Gasteiger partial charge is 0.164 e. The van der Waals surface area contributed by atoms with Crippen LogP contribution in [-0.4, -0.2) is 15.0 Å². The second-order valence-corrected chi connectivity index (χ2v) is 13.8. The van der Waals surface area contributed by atoms with E-state index >= 15 is 0 Å². The number of hydrogen-bond donors (Lipinski definition) is 0. The average Bonchev–Trinajstić information content (AvgIpc) is 3.58. The Labute approximate surface area is 319 Å². The summed E-state index contributed by atoms with van der Waals surface area (Å²) in [6.07, 6.45) is 0. The molecule has 1 aliphatic rings. The van der Waals surface area contributed by atoms with Crippen LogP contribution in [0.2, 0.25) is 0 Å². The lowest BCUT2D eigenvalue weighted by atomic mass is 9.67. The predicted molar refractivity (Wildman–Crippen MR) is 221 cm³/mol. The maximum atomic E-state index is 10.6. The number of hydrogen-bond acceptors (Lipinski definition) is 4. The monoisotopic (exact) mass is 700 g/mol. The van der Waals surface area contributed by atoms with Crippen molar-refractivity contribution in [2.45, 2.75) is 5.41 Å². The molecule has 0 spiro atoms. The molecule has 256 valence electrons. The molecule has 4 nitrogen and oxygen atoms in total. The zero-order chi connectivity index (χ0) is 36.8. The minimum atomic E-state index is -0.604. The Balaban J connectivity index is 1.16. The highest BCUT2D eigenvalue weighted by atomic mass is 15.0. The van der Waals surface area contributed by atoms with E-state index < -0.39 is 5.41 Å². The van der Waals surface area contributed by atoms with Crippen LogP contribution >= 0.6 is 0 Å². The second kappa shape index (κ2) is 13.2. The van der Waals surface area contributed by atoms with Gasteiger partial charge in [0.25, 0.3) is 0 Å². The van der Waals surface area contributed by atoms with E-state index in [1.165, 1.54) is 0 Å². The lowest BCUT2D eigenvalue weighted by Gasteiger charge is -2.34. The van der Waals surface area contributed by atoms with E-state index in [0.29, 0.717) is 23.0 Å². The van der Waals surface area contributed by atoms with E-state index in [1.807, 2.05) is 54.6 Å². The Bertz CT molecular complexity index is 2870. The molecule has 0 N–H and O–H groups in total. The van der Waals surface area contributed by atoms with Gasteiger partial charge in [-0.2, -0.15) is 5.26 Å². The highest BCUT2D eigenvalue weighted by molar-refractivity contribution is 5.98. The number of benzene rings is 8. The fourth-order valence-corrected chi connectivity index (χ4v) is 8.47. The quantitative estimate of drug-likeness (QED) is 0.173. The van der Waals surface area contributed by atoms with Gasteiger partial charge in [-0.3, -0.25) is 0 Å². The fraction of sp³-hybridized carbons (Fsp3) is 0.0196. The molecule has 0 radical (unpaired) electrons. The van der Waals surface area contributed by atoms with E-state index in [0.717, 1.165) is 72.0 Å². The summed E-state index contributed by atoms with van der Waals surface area (Å²) < 4.78 is 0. The highest BCUT2D eigenvalue weighted by Gasteiger charge is 2.47. The summed E-state index contributed by atoms with van der Waals surface area (Å²) >= 11 is 0. The third kappa shape index (κ3) is 5.17. The van der Waals surface area contributed by atoms with Crippen molar-refractivity contribution in [3.05, 3.63) is 222 Å². The predicted octanol–water partition coefficient (Wildman–Crippen LogP) is 11.9. The lowest BCUT2D eigenvalue weighted by molar-refractivity contribution is 0.768. The maximum Gasteiger partial charge on any atom is 0.164 e. The van der Waals surface area contributed by atoms with Gasteiger partial charge in [0.15, 0.2) is 17.5 Å². The summed E-state index contributed by atoms with van der Waals surface area (Å²) in [4.78, 5) is 15.1. The van der Waals surface area contributed by atoms with Crippen LogP contribution in [0.15, 0.2) is 194 Å². The topological polar surface area (TPSA) is 62.5 Å². The standard InChI is InChI=1S/C51H32N4/c52-33-38-19-13-27-44-46(38)47-42(25-14-28-45(47)51(44,39-20-6-2-7-21-39)40-22-8-3-9-23-40)35-29-31-37(32-30-35)49-53-48(36-16-4-1-5-17-36)54-50(55-49)43-26-12-18-34-15-10-11-24-41(34)43/h1-32H. The van der Waals surface area contributed by atoms with Gasteiger partial charge in [0.05, 0.1) is 17.0 Å². The molecule has 9 aromatic rings. The minimum Gasteiger partial charge on any atom is -0.208 e. The molecule has 4 heteroatoms. The molecular formula is C51H32N4. The van der Waals surface area contributed by atoms with E-state index in [4.69, 9.17) is 15.0 Å². The first kappa shape index (κ1) is 32.2. The van der Waals surface area contributed by atoms with Crippen LogP contribution in [0.4, 0.5) is 0 Å². The van der Waals surface area contributed by atoms with Crippen LogP contribution in [-0.2, 0) is 5.41 Å². The number of aromatic nitrogens is 3. The molecule has 1 aromatic heterocycles. The van der Waals surface area contributed by atoms with Crippen molar-refractivity contribution in [3.8, 4) is 62.5 Å². The van der Waals surface area contributed by atoms with Crippen molar-refractivity contribution >= 4 is 10.8 Å². The molecule has 10 rings (SSSR count). The van der Waals surface area contributed by atoms with Crippen molar-refractivity contribution in [2.75, 3.05) is 0 Å². The van der Waals surface area contributed by atoms with Gasteiger partial charge in [-0.15, -0.1) is 0 Å². The number of nitriles is 1. The first-order valence-corrected chi connectivity index (χ1v) is 18.4. The molecule has 0 amide bonds. The minimum absolute atomic E-state index is 0.603. The number of nitrogens with zero attached hydrogens (tertiary/aromatic N) is 4. The molecule has 1 aliphatic carbocycles. The Morgan fingerprint density at radius 1 is 0.382 bits per heavy atom. The summed E-state index contributed by atoms with van der Waals surface area (Å²) in [5.74, 6) is 1.85. The molecule has 1 heterocycles. The highest BCUT2D eigenvalue weighted by Crippen LogP contribution is 2.59. The first-order chi connectivity index (χ1) is 27.2. The van der Waals surface area contributed by atoms with Crippen molar-refractivity contribution in [2.24, 2.45) is 0 Å². The Hall–Kier alpha value is -7.48. The first-order valence-electron chi connectivity index (χ1n) is 18.4. The van der Waals surface area contributed by atoms with Gasteiger partial charge in [0.2, 0.25) is 0 Å². The second-order valence-electron chi connectivity index (χ2n) is 13.8. The zero-order valence-corrected chi connectivity index (χ0v) is 29.8. The van der Waals surface area contributed by atoms with Crippen molar-refractivity contribution in [1.82, 2.24) is 15.0 Å². The molecule has 55 heavy (non-hydrogen) atoms. The van der Waals surface area contributed by atoms with E-state index in [2.05, 4.69) is 146 Å². The van der Waals surface area contributed by atoms with Crippen LogP contribution in [0.25, 0.3) is 67.2 Å². The molecule has 0 atom stereocenters. The summed E-state index contributed by atoms with van der Waals surface area (Å²) in [7, 11) is 0. The van der Waals surface area contributed by atoms with Gasteiger partial charge in [0.1, 0.15) is 0 Å². The van der Waals surface area contributed by atoms with Crippen molar-refractivity contribution < 1.29 is 0 Å². The largest absolute Gasteiger partial charge is 0.208 e. The average molecular weight is 701 g/mol. The van der Waals surface area contributed by atoms with Crippen LogP contribution in [0.3, 0.4) is 0 Å². The molecular weight excluding hydrogens is 669 g/mol. The van der Waals surface area contributed by atoms with E-state index in [9.17, 15) is 5.26 Å². The SMILES string of the molecule is N#Cc1cccc2c1-c1c(-c3ccc(-c4nc(-c5ccccc5)nc(-c5cccc6ccccc56)n4)cc3)cccc1C2(c1ccccc1)c1ccccc1. The Kier molecular flexibility index (Phi) is 7.71. The van der Waals surface area contributed by atoms with Gasteiger partial charge in [-0.25, -0.2) is 15.0 Å². The normalized spacial score (nSPS) is 12.5. The molecule has 0 bridgehead atoms. The molecule has 0 fully saturated rings. The van der Waals surface area contributed by atoms with Crippen LogP contribution in [0, 0.1) is 11.3 Å². The van der Waals surface area contributed by atoms with Crippen molar-refractivity contribution in [1.29, 1.82) is 5.26 Å². The summed E-state index contributed by atoms with van der Waals surface area (Å²) in [5.41, 5.74) is 11.6. The van der Waals surface area contributed by atoms with Gasteiger partial charge >= 0.3 is 0 Å². The number of fused-ring (bicyclic) bond motifs is 4. The Morgan fingerprint density at radius 3 is 1.55 bits per heavy atom. The van der Waals surface area contributed by atoms with Gasteiger partial charge in [0, 0.05) is 22.3 Å². The molecule has 0 unspecified atom stereocenters. The fourth-order valence-electron chi connectivity index (χ4n) is 8.47. The summed E-state index contributed by atoms with van der Waals surface area (Å²) in [6, 6.07) is 69.7. The van der Waals surface area contributed by atoms with E-state index in [1.54, 1.807) is 0 Å².